The van der Waals surface area contributed by atoms with Gasteiger partial charge in [0, 0.05) is 6.42 Å². The Kier molecular flexibility index (Phi) is 3.03. The molecule has 0 N–H and O–H groups in total. The second-order valence-corrected chi connectivity index (χ2v) is 2.90. The van der Waals surface area contributed by atoms with Gasteiger partial charge in [0.05, 0.1) is 5.56 Å². The molecule has 0 radical (unpaired) electrons. The van der Waals surface area contributed by atoms with Crippen LogP contribution in [-0.2, 0) is 12.6 Å². The molecule has 0 aromatic heterocycles. The summed E-state index contributed by atoms with van der Waals surface area (Å²) in [6.45, 7) is 0. The number of thiocarbonyl (C=S) groups is 1. The topological polar surface area (TPSA) is 0 Å². The third-order valence-corrected chi connectivity index (χ3v) is 1.77. The van der Waals surface area contributed by atoms with Gasteiger partial charge in [0.1, 0.15) is 0 Å². The van der Waals surface area contributed by atoms with E-state index < -0.39 is 11.7 Å². The molecule has 0 amide bonds. The molecule has 0 aliphatic heterocycles. The van der Waals surface area contributed by atoms with Crippen molar-refractivity contribution in [2.24, 2.45) is 0 Å². The van der Waals surface area contributed by atoms with Crippen LogP contribution in [-0.4, -0.2) is 5.37 Å². The first-order valence-corrected chi connectivity index (χ1v) is 4.11. The van der Waals surface area contributed by atoms with Crippen LogP contribution < -0.4 is 0 Å². The monoisotopic (exact) mass is 204 g/mol. The molecule has 4 heteroatoms. The zero-order valence-corrected chi connectivity index (χ0v) is 7.45. The maximum atomic E-state index is 12.1. The highest BCUT2D eigenvalue weighted by atomic mass is 32.1. The SMILES string of the molecule is FC(F)(F)c1ccc(CC=S)cc1. The molecular weight excluding hydrogens is 197 g/mol. The molecule has 0 atom stereocenters. The van der Waals surface area contributed by atoms with Gasteiger partial charge >= 0.3 is 6.18 Å². The summed E-state index contributed by atoms with van der Waals surface area (Å²) in [5.74, 6) is 0. The van der Waals surface area contributed by atoms with Gasteiger partial charge in [0.15, 0.2) is 0 Å². The van der Waals surface area contributed by atoms with Gasteiger partial charge in [-0.15, -0.1) is 0 Å². The first-order chi connectivity index (χ1) is 6.04. The maximum absolute atomic E-state index is 12.1. The van der Waals surface area contributed by atoms with Crippen molar-refractivity contribution in [2.75, 3.05) is 0 Å². The molecule has 13 heavy (non-hydrogen) atoms. The zero-order chi connectivity index (χ0) is 9.90. The van der Waals surface area contributed by atoms with Crippen molar-refractivity contribution in [1.29, 1.82) is 0 Å². The summed E-state index contributed by atoms with van der Waals surface area (Å²) in [4.78, 5) is 0. The molecular formula is C9H7F3S. The van der Waals surface area contributed by atoms with E-state index in [0.29, 0.717) is 6.42 Å². The van der Waals surface area contributed by atoms with E-state index in [0.717, 1.165) is 17.7 Å². The second-order valence-electron chi connectivity index (χ2n) is 2.57. The predicted molar refractivity (Wildman–Crippen MR) is 48.8 cm³/mol. The number of benzene rings is 1. The van der Waals surface area contributed by atoms with Crippen molar-refractivity contribution in [3.63, 3.8) is 0 Å². The van der Waals surface area contributed by atoms with Crippen LogP contribution in [0.15, 0.2) is 24.3 Å². The first-order valence-electron chi connectivity index (χ1n) is 3.64. The van der Waals surface area contributed by atoms with Crippen LogP contribution in [0.25, 0.3) is 0 Å². The molecule has 0 saturated heterocycles. The summed E-state index contributed by atoms with van der Waals surface area (Å²) in [6, 6.07) is 5.00. The Labute approximate surface area is 79.4 Å². The van der Waals surface area contributed by atoms with E-state index in [1.54, 1.807) is 0 Å². The van der Waals surface area contributed by atoms with Crippen molar-refractivity contribution in [2.45, 2.75) is 12.6 Å². The number of hydrogen-bond acceptors (Lipinski definition) is 1. The lowest BCUT2D eigenvalue weighted by molar-refractivity contribution is -0.137. The van der Waals surface area contributed by atoms with Gasteiger partial charge in [-0.05, 0) is 23.1 Å². The Hall–Kier alpha value is -0.900. The number of hydrogen-bond donors (Lipinski definition) is 0. The number of halogens is 3. The van der Waals surface area contributed by atoms with E-state index in [1.165, 1.54) is 17.5 Å². The molecule has 1 aromatic rings. The molecule has 0 aliphatic carbocycles. The summed E-state index contributed by atoms with van der Waals surface area (Å²) in [5.41, 5.74) is 0.170. The van der Waals surface area contributed by atoms with Crippen LogP contribution in [0.5, 0.6) is 0 Å². The molecule has 0 saturated carbocycles. The average molecular weight is 204 g/mol. The standard InChI is InChI=1S/C9H7F3S/c10-9(11,12)8-3-1-7(2-4-8)5-6-13/h1-4,6H,5H2. The lowest BCUT2D eigenvalue weighted by Gasteiger charge is -2.06. The Balaban J connectivity index is 2.87. The lowest BCUT2D eigenvalue weighted by atomic mass is 10.1. The van der Waals surface area contributed by atoms with Gasteiger partial charge in [-0.3, -0.25) is 0 Å². The van der Waals surface area contributed by atoms with Gasteiger partial charge in [-0.1, -0.05) is 24.4 Å². The highest BCUT2D eigenvalue weighted by Gasteiger charge is 2.29. The summed E-state index contributed by atoms with van der Waals surface area (Å²) in [7, 11) is 0. The fourth-order valence-corrected chi connectivity index (χ4v) is 1.12. The molecule has 0 fully saturated rings. The van der Waals surface area contributed by atoms with E-state index in [1.807, 2.05) is 0 Å². The van der Waals surface area contributed by atoms with Gasteiger partial charge in [-0.25, -0.2) is 0 Å². The predicted octanol–water partition coefficient (Wildman–Crippen LogP) is 3.25. The fraction of sp³-hybridized carbons (Fsp3) is 0.222. The highest BCUT2D eigenvalue weighted by molar-refractivity contribution is 7.78. The Bertz CT molecular complexity index is 287. The van der Waals surface area contributed by atoms with E-state index in [9.17, 15) is 13.2 Å². The lowest BCUT2D eigenvalue weighted by Crippen LogP contribution is -2.04. The molecule has 70 valence electrons. The van der Waals surface area contributed by atoms with Gasteiger partial charge in [0.25, 0.3) is 0 Å². The van der Waals surface area contributed by atoms with Gasteiger partial charge < -0.3 is 0 Å². The molecule has 0 bridgehead atoms. The Morgan fingerprint density at radius 3 is 2.08 bits per heavy atom. The zero-order valence-electron chi connectivity index (χ0n) is 6.64. The van der Waals surface area contributed by atoms with E-state index in [2.05, 4.69) is 12.2 Å². The summed E-state index contributed by atoms with van der Waals surface area (Å²) < 4.78 is 36.2. The molecule has 0 unspecified atom stereocenters. The molecule has 1 rings (SSSR count). The van der Waals surface area contributed by atoms with Crippen molar-refractivity contribution in [3.05, 3.63) is 35.4 Å². The fourth-order valence-electron chi connectivity index (χ4n) is 0.926. The molecule has 0 heterocycles. The number of rotatable bonds is 2. The summed E-state index contributed by atoms with van der Waals surface area (Å²) in [6.07, 6.45) is -3.73. The number of alkyl halides is 3. The van der Waals surface area contributed by atoms with Crippen molar-refractivity contribution >= 4 is 17.6 Å². The van der Waals surface area contributed by atoms with Crippen molar-refractivity contribution in [1.82, 2.24) is 0 Å². The van der Waals surface area contributed by atoms with Crippen LogP contribution in [0.3, 0.4) is 0 Å². The third kappa shape index (κ3) is 2.81. The van der Waals surface area contributed by atoms with Crippen LogP contribution >= 0.6 is 12.2 Å². The van der Waals surface area contributed by atoms with Gasteiger partial charge in [0.2, 0.25) is 0 Å². The average Bonchev–Trinajstić information content (AvgIpc) is 2.04. The molecule has 0 nitrogen and oxygen atoms in total. The normalized spacial score (nSPS) is 11.3. The Morgan fingerprint density at radius 1 is 1.15 bits per heavy atom. The van der Waals surface area contributed by atoms with Gasteiger partial charge in [-0.2, -0.15) is 13.2 Å². The van der Waals surface area contributed by atoms with Crippen molar-refractivity contribution < 1.29 is 13.2 Å². The highest BCUT2D eigenvalue weighted by Crippen LogP contribution is 2.28. The van der Waals surface area contributed by atoms with Crippen LogP contribution in [0.1, 0.15) is 11.1 Å². The molecule has 1 aromatic carbocycles. The second kappa shape index (κ2) is 3.87. The van der Waals surface area contributed by atoms with E-state index in [4.69, 9.17) is 0 Å². The maximum Gasteiger partial charge on any atom is 0.416 e. The summed E-state index contributed by atoms with van der Waals surface area (Å²) >= 11 is 4.59. The minimum atomic E-state index is -4.25. The molecule has 0 aliphatic rings. The minimum absolute atomic E-state index is 0.521. The third-order valence-electron chi connectivity index (χ3n) is 1.60. The summed E-state index contributed by atoms with van der Waals surface area (Å²) in [5, 5.41) is 1.49. The van der Waals surface area contributed by atoms with Crippen molar-refractivity contribution in [3.8, 4) is 0 Å². The van der Waals surface area contributed by atoms with Crippen LogP contribution in [0.2, 0.25) is 0 Å². The van der Waals surface area contributed by atoms with E-state index >= 15 is 0 Å². The Morgan fingerprint density at radius 2 is 1.69 bits per heavy atom. The molecule has 0 spiro atoms. The smallest absolute Gasteiger partial charge is 0.166 e. The van der Waals surface area contributed by atoms with Crippen LogP contribution in [0, 0.1) is 0 Å². The first kappa shape index (κ1) is 10.2. The van der Waals surface area contributed by atoms with Crippen LogP contribution in [0.4, 0.5) is 13.2 Å². The quantitative estimate of drug-likeness (QED) is 0.666. The van der Waals surface area contributed by atoms with E-state index in [-0.39, 0.29) is 0 Å². The minimum Gasteiger partial charge on any atom is -0.166 e. The largest absolute Gasteiger partial charge is 0.416 e.